The number of hydrogen-bond donors (Lipinski definition) is 4. The minimum absolute atomic E-state index is 0.0145. The topological polar surface area (TPSA) is 116 Å². The van der Waals surface area contributed by atoms with Crippen molar-refractivity contribution in [3.8, 4) is 0 Å². The molecule has 0 aliphatic rings. The Morgan fingerprint density at radius 1 is 0.625 bits per heavy atom. The van der Waals surface area contributed by atoms with Gasteiger partial charge in [-0.3, -0.25) is 19.2 Å². The number of nitrogens with one attached hydrogen (secondary N) is 4. The van der Waals surface area contributed by atoms with Crippen LogP contribution in [0.4, 0.5) is 0 Å². The van der Waals surface area contributed by atoms with Crippen LogP contribution in [0.3, 0.4) is 0 Å². The van der Waals surface area contributed by atoms with Crippen molar-refractivity contribution in [1.82, 2.24) is 21.3 Å². The molecular weight excluding hydrogens is 312 g/mol. The van der Waals surface area contributed by atoms with Crippen molar-refractivity contribution in [1.29, 1.82) is 0 Å². The molecule has 8 nitrogen and oxygen atoms in total. The highest BCUT2D eigenvalue weighted by Crippen LogP contribution is 1.95. The average molecular weight is 342 g/mol. The van der Waals surface area contributed by atoms with E-state index in [1.807, 2.05) is 0 Å². The predicted octanol–water partition coefficient (Wildman–Crippen LogP) is -0.255. The van der Waals surface area contributed by atoms with Crippen LogP contribution in [0.1, 0.15) is 41.5 Å². The first kappa shape index (κ1) is 21.9. The molecule has 0 spiro atoms. The van der Waals surface area contributed by atoms with Crippen LogP contribution in [-0.2, 0) is 19.2 Å². The first-order valence-corrected chi connectivity index (χ1v) is 8.19. The van der Waals surface area contributed by atoms with Gasteiger partial charge in [0.15, 0.2) is 0 Å². The average Bonchev–Trinajstić information content (AvgIpc) is 2.49. The van der Waals surface area contributed by atoms with Crippen molar-refractivity contribution >= 4 is 23.6 Å². The van der Waals surface area contributed by atoms with Gasteiger partial charge in [0.05, 0.1) is 6.67 Å². The quantitative estimate of drug-likeness (QED) is 0.432. The summed E-state index contributed by atoms with van der Waals surface area (Å²) in [4.78, 5) is 47.2. The molecule has 4 amide bonds. The Kier molecular flexibility index (Phi) is 9.68. The molecule has 0 radical (unpaired) electrons. The maximum Gasteiger partial charge on any atom is 0.245 e. The van der Waals surface area contributed by atoms with Crippen molar-refractivity contribution in [2.45, 2.75) is 47.6 Å². The zero-order valence-corrected chi connectivity index (χ0v) is 15.4. The number of carbonyl (C=O) groups is 4. The highest BCUT2D eigenvalue weighted by molar-refractivity contribution is 5.89. The summed E-state index contributed by atoms with van der Waals surface area (Å²) in [6.07, 6.45) is 0. The van der Waals surface area contributed by atoms with Crippen molar-refractivity contribution in [2.24, 2.45) is 17.8 Å². The number of hydrogen-bond acceptors (Lipinski definition) is 4. The lowest BCUT2D eigenvalue weighted by atomic mass is 10.1. The van der Waals surface area contributed by atoms with Gasteiger partial charge in [-0.05, 0) is 0 Å². The lowest BCUT2D eigenvalue weighted by Gasteiger charge is -2.21. The van der Waals surface area contributed by atoms with E-state index in [0.717, 1.165) is 0 Å². The number of rotatable bonds is 9. The molecule has 0 aromatic rings. The Labute approximate surface area is 143 Å². The zero-order valence-electron chi connectivity index (χ0n) is 15.4. The summed E-state index contributed by atoms with van der Waals surface area (Å²) in [7, 11) is 0. The molecule has 0 saturated carbocycles. The molecule has 0 rings (SSSR count). The van der Waals surface area contributed by atoms with E-state index in [1.165, 1.54) is 0 Å². The van der Waals surface area contributed by atoms with Gasteiger partial charge in [-0.2, -0.15) is 0 Å². The standard InChI is InChI=1S/C16H30N4O4/c1-9(2)13(21)17-7-12(20-15(23)11(5)6)16(24)19-8-18-14(22)10(3)4/h9-12H,7-8H2,1-6H3,(H,17,21)(H,18,22)(H,19,24)(H,20,23). The molecule has 0 fully saturated rings. The lowest BCUT2D eigenvalue weighted by Crippen LogP contribution is -2.55. The molecule has 0 aliphatic carbocycles. The van der Waals surface area contributed by atoms with Crippen molar-refractivity contribution in [2.75, 3.05) is 13.2 Å². The van der Waals surface area contributed by atoms with Gasteiger partial charge in [0.2, 0.25) is 23.6 Å². The van der Waals surface area contributed by atoms with E-state index in [9.17, 15) is 19.2 Å². The third-order valence-corrected chi connectivity index (χ3v) is 3.21. The number of amides is 4. The molecule has 0 aliphatic heterocycles. The molecule has 0 heterocycles. The summed E-state index contributed by atoms with van der Waals surface area (Å²) in [5.74, 6) is -1.87. The molecule has 4 N–H and O–H groups in total. The molecule has 1 atom stereocenters. The smallest absolute Gasteiger partial charge is 0.245 e. The second-order valence-corrected chi connectivity index (χ2v) is 6.53. The van der Waals surface area contributed by atoms with Crippen molar-refractivity contribution < 1.29 is 19.2 Å². The Bertz CT molecular complexity index is 461. The summed E-state index contributed by atoms with van der Waals surface area (Å²) < 4.78 is 0. The van der Waals surface area contributed by atoms with Gasteiger partial charge in [-0.15, -0.1) is 0 Å². The summed E-state index contributed by atoms with van der Waals surface area (Å²) in [6, 6.07) is -0.904. The highest BCUT2D eigenvalue weighted by atomic mass is 16.2. The van der Waals surface area contributed by atoms with Crippen molar-refractivity contribution in [3.63, 3.8) is 0 Å². The van der Waals surface area contributed by atoms with E-state index in [0.29, 0.717) is 0 Å². The zero-order chi connectivity index (χ0) is 18.9. The summed E-state index contributed by atoms with van der Waals surface area (Å²) in [5.41, 5.74) is 0. The maximum absolute atomic E-state index is 12.2. The van der Waals surface area contributed by atoms with Crippen LogP contribution >= 0.6 is 0 Å². The normalized spacial score (nSPS) is 12.0. The number of carbonyl (C=O) groups excluding carboxylic acids is 4. The van der Waals surface area contributed by atoms with Gasteiger partial charge in [0, 0.05) is 24.3 Å². The second kappa shape index (κ2) is 10.6. The minimum Gasteiger partial charge on any atom is -0.353 e. The molecule has 0 saturated heterocycles. The first-order chi connectivity index (χ1) is 11.1. The molecule has 1 unspecified atom stereocenters. The monoisotopic (exact) mass is 342 g/mol. The Morgan fingerprint density at radius 2 is 1.04 bits per heavy atom. The highest BCUT2D eigenvalue weighted by Gasteiger charge is 2.23. The van der Waals surface area contributed by atoms with Gasteiger partial charge < -0.3 is 21.3 Å². The molecule has 8 heteroatoms. The Morgan fingerprint density at radius 3 is 1.50 bits per heavy atom. The van der Waals surface area contributed by atoms with Gasteiger partial charge in [-0.25, -0.2) is 0 Å². The van der Waals surface area contributed by atoms with E-state index in [4.69, 9.17) is 0 Å². The largest absolute Gasteiger partial charge is 0.353 e. The summed E-state index contributed by atoms with van der Waals surface area (Å²) in [5, 5.41) is 10.3. The SMILES string of the molecule is CC(C)C(=O)NCNC(=O)C(CNC(=O)C(C)C)NC(=O)C(C)C. The Hall–Kier alpha value is -2.12. The predicted molar refractivity (Wildman–Crippen MR) is 90.6 cm³/mol. The first-order valence-electron chi connectivity index (χ1n) is 8.19. The molecular formula is C16H30N4O4. The lowest BCUT2D eigenvalue weighted by molar-refractivity contribution is -0.131. The summed E-state index contributed by atoms with van der Waals surface area (Å²) >= 11 is 0. The van der Waals surface area contributed by atoms with Gasteiger partial charge in [0.25, 0.3) is 0 Å². The van der Waals surface area contributed by atoms with E-state index >= 15 is 0 Å². The fourth-order valence-corrected chi connectivity index (χ4v) is 1.50. The van der Waals surface area contributed by atoms with E-state index in [-0.39, 0.29) is 48.7 Å². The van der Waals surface area contributed by atoms with E-state index in [2.05, 4.69) is 21.3 Å². The van der Waals surface area contributed by atoms with Crippen LogP contribution in [-0.4, -0.2) is 42.9 Å². The molecule has 24 heavy (non-hydrogen) atoms. The van der Waals surface area contributed by atoms with Gasteiger partial charge >= 0.3 is 0 Å². The third-order valence-electron chi connectivity index (χ3n) is 3.21. The van der Waals surface area contributed by atoms with Gasteiger partial charge in [0.1, 0.15) is 6.04 Å². The van der Waals surface area contributed by atoms with Crippen LogP contribution in [0.25, 0.3) is 0 Å². The maximum atomic E-state index is 12.2. The van der Waals surface area contributed by atoms with Crippen LogP contribution in [0.2, 0.25) is 0 Å². The van der Waals surface area contributed by atoms with Crippen LogP contribution in [0, 0.1) is 17.8 Å². The summed E-state index contributed by atoms with van der Waals surface area (Å²) in [6.45, 7) is 10.3. The minimum atomic E-state index is -0.904. The van der Waals surface area contributed by atoms with E-state index in [1.54, 1.807) is 41.5 Å². The fourth-order valence-electron chi connectivity index (χ4n) is 1.50. The van der Waals surface area contributed by atoms with Crippen LogP contribution in [0.15, 0.2) is 0 Å². The van der Waals surface area contributed by atoms with Crippen LogP contribution in [0.5, 0.6) is 0 Å². The molecule has 0 bridgehead atoms. The molecule has 0 aromatic carbocycles. The van der Waals surface area contributed by atoms with Crippen molar-refractivity contribution in [3.05, 3.63) is 0 Å². The van der Waals surface area contributed by atoms with E-state index < -0.39 is 11.9 Å². The second-order valence-electron chi connectivity index (χ2n) is 6.53. The van der Waals surface area contributed by atoms with Gasteiger partial charge in [-0.1, -0.05) is 41.5 Å². The fraction of sp³-hybridized carbons (Fsp3) is 0.750. The molecule has 138 valence electrons. The Balaban J connectivity index is 4.65. The molecule has 0 aromatic heterocycles. The third kappa shape index (κ3) is 8.50. The van der Waals surface area contributed by atoms with Crippen LogP contribution < -0.4 is 21.3 Å².